The van der Waals surface area contributed by atoms with E-state index in [0.29, 0.717) is 17.1 Å². The van der Waals surface area contributed by atoms with Crippen LogP contribution in [0.4, 0.5) is 0 Å². The van der Waals surface area contributed by atoms with Crippen LogP contribution in [0.2, 0.25) is 0 Å². The van der Waals surface area contributed by atoms with Gasteiger partial charge in [-0.1, -0.05) is 5.73 Å². The van der Waals surface area contributed by atoms with Crippen LogP contribution in [0.5, 0.6) is 11.5 Å². The molecular formula is C15H14O6. The summed E-state index contributed by atoms with van der Waals surface area (Å²) in [4.78, 5) is 23.2. The maximum Gasteiger partial charge on any atom is 0.348 e. The number of ether oxygens (including phenoxy) is 4. The van der Waals surface area contributed by atoms with E-state index in [1.54, 1.807) is 19.1 Å². The van der Waals surface area contributed by atoms with Gasteiger partial charge in [0.2, 0.25) is 0 Å². The van der Waals surface area contributed by atoms with Gasteiger partial charge >= 0.3 is 11.9 Å². The molecule has 0 atom stereocenters. The summed E-state index contributed by atoms with van der Waals surface area (Å²) in [6, 6.07) is 3.20. The minimum atomic E-state index is -0.565. The number of cyclic esters (lactones) is 1. The third kappa shape index (κ3) is 2.90. The van der Waals surface area contributed by atoms with E-state index < -0.39 is 11.9 Å². The molecule has 0 fully saturated rings. The molecule has 6 heteroatoms. The van der Waals surface area contributed by atoms with Gasteiger partial charge in [-0.2, -0.15) is 0 Å². The van der Waals surface area contributed by atoms with Crippen molar-refractivity contribution < 1.29 is 28.5 Å². The molecular weight excluding hydrogens is 276 g/mol. The van der Waals surface area contributed by atoms with Crippen LogP contribution in [0.1, 0.15) is 22.8 Å². The van der Waals surface area contributed by atoms with E-state index in [4.69, 9.17) is 18.9 Å². The molecule has 0 N–H and O–H groups in total. The van der Waals surface area contributed by atoms with Crippen LogP contribution in [0.15, 0.2) is 23.9 Å². The smallest absolute Gasteiger partial charge is 0.348 e. The molecule has 0 amide bonds. The van der Waals surface area contributed by atoms with E-state index in [0.717, 1.165) is 6.08 Å². The van der Waals surface area contributed by atoms with E-state index in [-0.39, 0.29) is 17.9 Å². The first-order chi connectivity index (χ1) is 10.1. The topological polar surface area (TPSA) is 71.1 Å². The fraction of sp³-hybridized carbons (Fsp3) is 0.267. The summed E-state index contributed by atoms with van der Waals surface area (Å²) in [6.07, 6.45) is 1.08. The Balaban J connectivity index is 2.52. The van der Waals surface area contributed by atoms with Crippen LogP contribution >= 0.6 is 0 Å². The van der Waals surface area contributed by atoms with Crippen LogP contribution in [-0.4, -0.2) is 32.8 Å². The maximum atomic E-state index is 11.9. The van der Waals surface area contributed by atoms with Crippen molar-refractivity contribution in [3.05, 3.63) is 35.1 Å². The van der Waals surface area contributed by atoms with E-state index in [2.05, 4.69) is 5.73 Å². The third-order valence-corrected chi connectivity index (χ3v) is 2.78. The molecule has 0 saturated carbocycles. The van der Waals surface area contributed by atoms with E-state index >= 15 is 0 Å². The van der Waals surface area contributed by atoms with Crippen molar-refractivity contribution in [2.75, 3.05) is 20.8 Å². The number of hydrogen-bond donors (Lipinski definition) is 0. The number of rotatable bonds is 4. The summed E-state index contributed by atoms with van der Waals surface area (Å²) in [5.41, 5.74) is 3.35. The predicted molar refractivity (Wildman–Crippen MR) is 73.1 cm³/mol. The highest BCUT2D eigenvalue weighted by Crippen LogP contribution is 2.38. The molecule has 110 valence electrons. The van der Waals surface area contributed by atoms with Gasteiger partial charge in [0, 0.05) is 11.6 Å². The van der Waals surface area contributed by atoms with Crippen LogP contribution in [0.25, 0.3) is 5.76 Å². The largest absolute Gasteiger partial charge is 0.497 e. The number of hydrogen-bond acceptors (Lipinski definition) is 6. The van der Waals surface area contributed by atoms with Crippen molar-refractivity contribution in [3.8, 4) is 11.5 Å². The molecule has 1 heterocycles. The third-order valence-electron chi connectivity index (χ3n) is 2.78. The standard InChI is InChI=1S/C15H14O6/c1-4-20-13(16)6-5-11-10-7-9(18-2)8-12(19-3)14(10)15(17)21-11/h6-8H,4H2,1-3H3. The van der Waals surface area contributed by atoms with Gasteiger partial charge in [-0.15, -0.1) is 0 Å². The molecule has 1 aliphatic heterocycles. The zero-order chi connectivity index (χ0) is 15.4. The van der Waals surface area contributed by atoms with Gasteiger partial charge in [0.25, 0.3) is 0 Å². The number of methoxy groups -OCH3 is 2. The molecule has 0 aromatic heterocycles. The molecule has 1 aromatic rings. The lowest BCUT2D eigenvalue weighted by atomic mass is 10.1. The number of carbonyl (C=O) groups excluding carboxylic acids is 2. The summed E-state index contributed by atoms with van der Waals surface area (Å²) in [5.74, 6) is -0.171. The van der Waals surface area contributed by atoms with Crippen LogP contribution in [0, 0.1) is 0 Å². The first kappa shape index (κ1) is 14.7. The minimum Gasteiger partial charge on any atom is -0.497 e. The molecule has 2 rings (SSSR count). The molecule has 0 spiro atoms. The second-order valence-corrected chi connectivity index (χ2v) is 4.01. The van der Waals surface area contributed by atoms with Gasteiger partial charge in [-0.3, -0.25) is 0 Å². The van der Waals surface area contributed by atoms with Crippen molar-refractivity contribution >= 4 is 17.7 Å². The maximum absolute atomic E-state index is 11.9. The second-order valence-electron chi connectivity index (χ2n) is 4.01. The molecule has 0 bridgehead atoms. The van der Waals surface area contributed by atoms with E-state index in [1.165, 1.54) is 14.2 Å². The van der Waals surface area contributed by atoms with Crippen molar-refractivity contribution in [2.24, 2.45) is 0 Å². The van der Waals surface area contributed by atoms with Gasteiger partial charge in [0.15, 0.2) is 5.76 Å². The summed E-state index contributed by atoms with van der Waals surface area (Å²) < 4.78 is 20.1. The monoisotopic (exact) mass is 290 g/mol. The Kier molecular flexibility index (Phi) is 4.30. The number of benzene rings is 1. The molecule has 0 aliphatic carbocycles. The Morgan fingerprint density at radius 2 is 2.10 bits per heavy atom. The molecule has 0 unspecified atom stereocenters. The normalized spacial score (nSPS) is 12.1. The first-order valence-electron chi connectivity index (χ1n) is 6.22. The molecule has 6 nitrogen and oxygen atoms in total. The molecule has 1 aromatic carbocycles. The Hall–Kier alpha value is -2.72. The van der Waals surface area contributed by atoms with Gasteiger partial charge in [-0.05, 0) is 13.0 Å². The van der Waals surface area contributed by atoms with Crippen molar-refractivity contribution in [3.63, 3.8) is 0 Å². The molecule has 21 heavy (non-hydrogen) atoms. The molecule has 0 saturated heterocycles. The second kappa shape index (κ2) is 6.15. The van der Waals surface area contributed by atoms with Crippen LogP contribution in [0.3, 0.4) is 0 Å². The van der Waals surface area contributed by atoms with Crippen LogP contribution < -0.4 is 9.47 Å². The zero-order valence-electron chi connectivity index (χ0n) is 11.9. The number of fused-ring (bicyclic) bond motifs is 1. The van der Waals surface area contributed by atoms with Crippen LogP contribution in [-0.2, 0) is 14.3 Å². The summed E-state index contributed by atoms with van der Waals surface area (Å²) in [5, 5.41) is 0. The Morgan fingerprint density at radius 1 is 1.33 bits per heavy atom. The highest BCUT2D eigenvalue weighted by molar-refractivity contribution is 6.05. The lowest BCUT2D eigenvalue weighted by molar-refractivity contribution is -0.137. The zero-order valence-corrected chi connectivity index (χ0v) is 11.9. The average Bonchev–Trinajstić information content (AvgIpc) is 2.81. The molecule has 1 aliphatic rings. The summed E-state index contributed by atoms with van der Waals surface area (Å²) in [6.45, 7) is 1.95. The Labute approximate surface area is 121 Å². The van der Waals surface area contributed by atoms with Crippen molar-refractivity contribution in [1.82, 2.24) is 0 Å². The highest BCUT2D eigenvalue weighted by Gasteiger charge is 2.31. The van der Waals surface area contributed by atoms with E-state index in [9.17, 15) is 9.59 Å². The van der Waals surface area contributed by atoms with Gasteiger partial charge in [0.05, 0.1) is 26.9 Å². The number of carbonyl (C=O) groups is 2. The van der Waals surface area contributed by atoms with E-state index in [1.807, 2.05) is 0 Å². The van der Waals surface area contributed by atoms with Gasteiger partial charge in [-0.25, -0.2) is 9.59 Å². The average molecular weight is 290 g/mol. The lowest BCUT2D eigenvalue weighted by Crippen LogP contribution is -1.99. The highest BCUT2D eigenvalue weighted by atomic mass is 16.5. The fourth-order valence-corrected chi connectivity index (χ4v) is 1.87. The van der Waals surface area contributed by atoms with Crippen molar-refractivity contribution in [1.29, 1.82) is 0 Å². The number of esters is 2. The molecule has 0 radical (unpaired) electrons. The minimum absolute atomic E-state index is 0.125. The Morgan fingerprint density at radius 3 is 2.71 bits per heavy atom. The lowest BCUT2D eigenvalue weighted by Gasteiger charge is -2.06. The van der Waals surface area contributed by atoms with Gasteiger partial charge in [0.1, 0.15) is 17.1 Å². The SMILES string of the molecule is CCOC(=O)C=C=C1OC(=O)c2c(OC)cc(OC)cc21. The Bertz CT molecular complexity index is 652. The van der Waals surface area contributed by atoms with Gasteiger partial charge < -0.3 is 18.9 Å². The van der Waals surface area contributed by atoms with Crippen molar-refractivity contribution in [2.45, 2.75) is 6.92 Å². The quantitative estimate of drug-likeness (QED) is 0.479. The predicted octanol–water partition coefficient (Wildman–Crippen LogP) is 1.93. The fourth-order valence-electron chi connectivity index (χ4n) is 1.87. The summed E-state index contributed by atoms with van der Waals surface area (Å²) >= 11 is 0. The first-order valence-corrected chi connectivity index (χ1v) is 6.22. The summed E-state index contributed by atoms with van der Waals surface area (Å²) in [7, 11) is 2.94.